The molecule has 6 nitrogen and oxygen atoms in total. The zero-order chi connectivity index (χ0) is 12.4. The summed E-state index contributed by atoms with van der Waals surface area (Å²) < 4.78 is 0. The van der Waals surface area contributed by atoms with Crippen LogP contribution in [0.25, 0.3) is 0 Å². The standard InChI is InChI=1S/C9H18N2O4S/c10-8(14)7-16-6-1-9(15)11(2-4-12)3-5-13/h12-13H,1-7H2,(H2,10,14). The summed E-state index contributed by atoms with van der Waals surface area (Å²) in [6, 6.07) is 0. The third-order valence-corrected chi connectivity index (χ3v) is 2.78. The van der Waals surface area contributed by atoms with Gasteiger partial charge in [-0.2, -0.15) is 11.8 Å². The molecular formula is C9H18N2O4S. The van der Waals surface area contributed by atoms with E-state index < -0.39 is 5.91 Å². The van der Waals surface area contributed by atoms with Crippen molar-refractivity contribution in [1.29, 1.82) is 0 Å². The molecule has 0 spiro atoms. The van der Waals surface area contributed by atoms with Gasteiger partial charge < -0.3 is 20.8 Å². The first-order chi connectivity index (χ1) is 7.61. The lowest BCUT2D eigenvalue weighted by Gasteiger charge is -2.20. The number of rotatable bonds is 9. The van der Waals surface area contributed by atoms with Gasteiger partial charge in [-0.25, -0.2) is 0 Å². The van der Waals surface area contributed by atoms with Crippen LogP contribution < -0.4 is 5.73 Å². The lowest BCUT2D eigenvalue weighted by molar-refractivity contribution is -0.131. The highest BCUT2D eigenvalue weighted by molar-refractivity contribution is 7.99. The van der Waals surface area contributed by atoms with Crippen LogP contribution in [-0.4, -0.2) is 64.7 Å². The Balaban J connectivity index is 3.77. The minimum absolute atomic E-state index is 0.125. The van der Waals surface area contributed by atoms with E-state index in [1.54, 1.807) is 0 Å². The van der Waals surface area contributed by atoms with Crippen LogP contribution in [0, 0.1) is 0 Å². The summed E-state index contributed by atoms with van der Waals surface area (Å²) >= 11 is 1.30. The summed E-state index contributed by atoms with van der Waals surface area (Å²) in [5.74, 6) is 0.169. The molecule has 0 aromatic carbocycles. The predicted molar refractivity (Wildman–Crippen MR) is 61.9 cm³/mol. The zero-order valence-electron chi connectivity index (χ0n) is 9.09. The molecule has 94 valence electrons. The summed E-state index contributed by atoms with van der Waals surface area (Å²) in [5.41, 5.74) is 4.94. The monoisotopic (exact) mass is 250 g/mol. The number of nitrogens with two attached hydrogens (primary N) is 1. The second-order valence-corrected chi connectivity index (χ2v) is 4.20. The van der Waals surface area contributed by atoms with E-state index in [9.17, 15) is 9.59 Å². The van der Waals surface area contributed by atoms with Crippen LogP contribution in [0.5, 0.6) is 0 Å². The van der Waals surface area contributed by atoms with E-state index in [0.717, 1.165) is 0 Å². The van der Waals surface area contributed by atoms with Crippen molar-refractivity contribution in [2.75, 3.05) is 37.8 Å². The Kier molecular flexibility index (Phi) is 8.97. The molecule has 0 unspecified atom stereocenters. The van der Waals surface area contributed by atoms with E-state index in [2.05, 4.69) is 0 Å². The van der Waals surface area contributed by atoms with Gasteiger partial charge in [0, 0.05) is 25.3 Å². The molecule has 0 saturated carbocycles. The SMILES string of the molecule is NC(=O)CSCCC(=O)N(CCO)CCO. The molecule has 2 amide bonds. The zero-order valence-corrected chi connectivity index (χ0v) is 9.91. The number of nitrogens with zero attached hydrogens (tertiary/aromatic N) is 1. The van der Waals surface area contributed by atoms with E-state index in [1.165, 1.54) is 16.7 Å². The molecule has 7 heteroatoms. The number of amides is 2. The summed E-state index contributed by atoms with van der Waals surface area (Å²) in [5, 5.41) is 17.4. The van der Waals surface area contributed by atoms with Crippen LogP contribution in [0.15, 0.2) is 0 Å². The molecule has 0 aliphatic heterocycles. The number of thioether (sulfide) groups is 1. The Hall–Kier alpha value is -0.790. The molecule has 0 aromatic rings. The maximum Gasteiger partial charge on any atom is 0.227 e. The minimum atomic E-state index is -0.403. The van der Waals surface area contributed by atoms with Crippen molar-refractivity contribution in [1.82, 2.24) is 4.90 Å². The van der Waals surface area contributed by atoms with Crippen molar-refractivity contribution in [3.8, 4) is 0 Å². The number of hydrogen-bond acceptors (Lipinski definition) is 5. The van der Waals surface area contributed by atoms with E-state index in [4.69, 9.17) is 15.9 Å². The van der Waals surface area contributed by atoms with Gasteiger partial charge in [0.15, 0.2) is 0 Å². The molecule has 4 N–H and O–H groups in total. The fraction of sp³-hybridized carbons (Fsp3) is 0.778. The lowest BCUT2D eigenvalue weighted by Crippen LogP contribution is -2.36. The maximum absolute atomic E-state index is 11.5. The molecule has 0 aromatic heterocycles. The van der Waals surface area contributed by atoms with Gasteiger partial charge in [0.2, 0.25) is 11.8 Å². The number of hydrogen-bond donors (Lipinski definition) is 3. The fourth-order valence-corrected chi connectivity index (χ4v) is 1.76. The molecule has 0 aliphatic carbocycles. The van der Waals surface area contributed by atoms with E-state index in [-0.39, 0.29) is 44.4 Å². The van der Waals surface area contributed by atoms with E-state index in [1.807, 2.05) is 0 Å². The smallest absolute Gasteiger partial charge is 0.227 e. The largest absolute Gasteiger partial charge is 0.395 e. The van der Waals surface area contributed by atoms with Crippen molar-refractivity contribution >= 4 is 23.6 Å². The van der Waals surface area contributed by atoms with Crippen molar-refractivity contribution in [2.45, 2.75) is 6.42 Å². The van der Waals surface area contributed by atoms with Crippen LogP contribution in [0.1, 0.15) is 6.42 Å². The molecule has 0 atom stereocenters. The minimum Gasteiger partial charge on any atom is -0.395 e. The number of aliphatic hydroxyl groups excluding tert-OH is 2. The Morgan fingerprint density at radius 1 is 1.19 bits per heavy atom. The topological polar surface area (TPSA) is 104 Å². The molecule has 0 saturated heterocycles. The number of carbonyl (C=O) groups is 2. The first-order valence-electron chi connectivity index (χ1n) is 4.97. The van der Waals surface area contributed by atoms with Crippen LogP contribution >= 0.6 is 11.8 Å². The first-order valence-corrected chi connectivity index (χ1v) is 6.12. The molecule has 0 heterocycles. The second kappa shape index (κ2) is 9.44. The molecule has 0 bridgehead atoms. The summed E-state index contributed by atoms with van der Waals surface area (Å²) in [4.78, 5) is 23.4. The molecule has 0 fully saturated rings. The molecule has 0 rings (SSSR count). The quantitative estimate of drug-likeness (QED) is 0.428. The van der Waals surface area contributed by atoms with Crippen molar-refractivity contribution in [3.63, 3.8) is 0 Å². The number of carbonyl (C=O) groups excluding carboxylic acids is 2. The van der Waals surface area contributed by atoms with Crippen molar-refractivity contribution < 1.29 is 19.8 Å². The van der Waals surface area contributed by atoms with E-state index >= 15 is 0 Å². The molecule has 0 aliphatic rings. The third-order valence-electron chi connectivity index (χ3n) is 1.80. The maximum atomic E-state index is 11.5. The third kappa shape index (κ3) is 7.49. The van der Waals surface area contributed by atoms with Crippen LogP contribution in [-0.2, 0) is 9.59 Å². The van der Waals surface area contributed by atoms with Crippen LogP contribution in [0.2, 0.25) is 0 Å². The number of aliphatic hydroxyl groups is 2. The van der Waals surface area contributed by atoms with Gasteiger partial charge >= 0.3 is 0 Å². The first kappa shape index (κ1) is 15.2. The highest BCUT2D eigenvalue weighted by Crippen LogP contribution is 2.04. The molecular weight excluding hydrogens is 232 g/mol. The average molecular weight is 250 g/mol. The Labute approximate surface area is 98.8 Å². The van der Waals surface area contributed by atoms with Gasteiger partial charge in [0.1, 0.15) is 0 Å². The normalized spacial score (nSPS) is 10.1. The van der Waals surface area contributed by atoms with Crippen molar-refractivity contribution in [3.05, 3.63) is 0 Å². The van der Waals surface area contributed by atoms with Gasteiger partial charge in [-0.3, -0.25) is 9.59 Å². The van der Waals surface area contributed by atoms with Crippen molar-refractivity contribution in [2.24, 2.45) is 5.73 Å². The van der Waals surface area contributed by atoms with Gasteiger partial charge in [0.25, 0.3) is 0 Å². The van der Waals surface area contributed by atoms with Gasteiger partial charge in [-0.15, -0.1) is 0 Å². The summed E-state index contributed by atoms with van der Waals surface area (Å²) in [6.45, 7) is 0.195. The highest BCUT2D eigenvalue weighted by atomic mass is 32.2. The van der Waals surface area contributed by atoms with Gasteiger partial charge in [0.05, 0.1) is 19.0 Å². The van der Waals surface area contributed by atoms with Crippen LogP contribution in [0.3, 0.4) is 0 Å². The number of primary amides is 1. The van der Waals surface area contributed by atoms with Crippen LogP contribution in [0.4, 0.5) is 0 Å². The predicted octanol–water partition coefficient (Wildman–Crippen LogP) is -1.59. The summed E-state index contributed by atoms with van der Waals surface area (Å²) in [6.07, 6.45) is 0.276. The Bertz CT molecular complexity index is 220. The fourth-order valence-electron chi connectivity index (χ4n) is 1.09. The highest BCUT2D eigenvalue weighted by Gasteiger charge is 2.11. The Morgan fingerprint density at radius 3 is 2.19 bits per heavy atom. The van der Waals surface area contributed by atoms with Gasteiger partial charge in [-0.05, 0) is 0 Å². The lowest BCUT2D eigenvalue weighted by atomic mass is 10.4. The molecule has 16 heavy (non-hydrogen) atoms. The average Bonchev–Trinajstić information content (AvgIpc) is 2.23. The molecule has 0 radical (unpaired) electrons. The second-order valence-electron chi connectivity index (χ2n) is 3.10. The van der Waals surface area contributed by atoms with Gasteiger partial charge in [-0.1, -0.05) is 0 Å². The van der Waals surface area contributed by atoms with E-state index in [0.29, 0.717) is 5.75 Å². The Morgan fingerprint density at radius 2 is 1.75 bits per heavy atom. The summed E-state index contributed by atoms with van der Waals surface area (Å²) in [7, 11) is 0.